The summed E-state index contributed by atoms with van der Waals surface area (Å²) in [6, 6.07) is 13.9. The lowest BCUT2D eigenvalue weighted by Gasteiger charge is -2.35. The normalized spacial score (nSPS) is 19.8. The van der Waals surface area contributed by atoms with E-state index in [0.717, 1.165) is 39.3 Å². The van der Waals surface area contributed by atoms with Crippen LogP contribution in [0.15, 0.2) is 52.1 Å². The van der Waals surface area contributed by atoms with Crippen LogP contribution in [0.25, 0.3) is 0 Å². The molecule has 2 aromatic rings. The molecule has 2 aliphatic heterocycles. The molecule has 0 bridgehead atoms. The van der Waals surface area contributed by atoms with E-state index in [0.29, 0.717) is 36.7 Å². The van der Waals surface area contributed by atoms with Crippen LogP contribution < -0.4 is 5.32 Å². The van der Waals surface area contributed by atoms with Crippen LogP contribution in [-0.2, 0) is 21.4 Å². The fourth-order valence-corrected chi connectivity index (χ4v) is 7.00. The van der Waals surface area contributed by atoms with Crippen LogP contribution in [-0.4, -0.2) is 80.8 Å². The summed E-state index contributed by atoms with van der Waals surface area (Å²) in [6.07, 6.45) is 1.16. The van der Waals surface area contributed by atoms with E-state index in [9.17, 15) is 13.2 Å². The molecule has 7 nitrogen and oxygen atoms in total. The van der Waals surface area contributed by atoms with E-state index in [4.69, 9.17) is 0 Å². The number of thiophene rings is 1. The number of piperidine rings is 1. The van der Waals surface area contributed by atoms with E-state index in [1.54, 1.807) is 17.5 Å². The number of nitrogens with one attached hydrogen (secondary N) is 1. The van der Waals surface area contributed by atoms with Gasteiger partial charge < -0.3 is 5.32 Å². The number of rotatable bonds is 8. The maximum absolute atomic E-state index is 12.6. The summed E-state index contributed by atoms with van der Waals surface area (Å²) >= 11 is 1.24. The molecule has 1 amide bonds. The molecule has 1 N–H and O–H groups in total. The molecule has 0 unspecified atom stereocenters. The summed E-state index contributed by atoms with van der Waals surface area (Å²) in [5, 5.41) is 4.85. The maximum Gasteiger partial charge on any atom is 0.252 e. The molecule has 2 fully saturated rings. The molecule has 9 heteroatoms. The molecule has 4 rings (SSSR count). The second kappa shape index (κ2) is 10.9. The van der Waals surface area contributed by atoms with Crippen molar-refractivity contribution in [1.29, 1.82) is 0 Å². The van der Waals surface area contributed by atoms with E-state index in [1.807, 2.05) is 6.07 Å². The molecule has 32 heavy (non-hydrogen) atoms. The van der Waals surface area contributed by atoms with Crippen LogP contribution in [0.5, 0.6) is 0 Å². The Morgan fingerprint density at radius 1 is 0.938 bits per heavy atom. The third kappa shape index (κ3) is 5.96. The van der Waals surface area contributed by atoms with E-state index < -0.39 is 10.0 Å². The Labute approximate surface area is 195 Å². The zero-order valence-corrected chi connectivity index (χ0v) is 20.0. The molecule has 1 aromatic carbocycles. The first-order valence-electron chi connectivity index (χ1n) is 11.3. The molecule has 0 atom stereocenters. The predicted octanol–water partition coefficient (Wildman–Crippen LogP) is 2.08. The van der Waals surface area contributed by atoms with Crippen molar-refractivity contribution in [3.05, 3.63) is 53.4 Å². The number of hydrogen-bond acceptors (Lipinski definition) is 6. The van der Waals surface area contributed by atoms with Crippen molar-refractivity contribution in [1.82, 2.24) is 19.4 Å². The van der Waals surface area contributed by atoms with Gasteiger partial charge >= 0.3 is 0 Å². The van der Waals surface area contributed by atoms with Crippen LogP contribution in [0.4, 0.5) is 0 Å². The van der Waals surface area contributed by atoms with Gasteiger partial charge in [0.15, 0.2) is 0 Å². The van der Waals surface area contributed by atoms with Crippen molar-refractivity contribution in [3.63, 3.8) is 0 Å². The van der Waals surface area contributed by atoms with Gasteiger partial charge in [-0.25, -0.2) is 8.42 Å². The maximum atomic E-state index is 12.6. The van der Waals surface area contributed by atoms with Crippen molar-refractivity contribution >= 4 is 27.3 Å². The van der Waals surface area contributed by atoms with Gasteiger partial charge in [0, 0.05) is 64.8 Å². The van der Waals surface area contributed by atoms with Gasteiger partial charge in [0.1, 0.15) is 4.21 Å². The zero-order valence-electron chi connectivity index (χ0n) is 18.4. The van der Waals surface area contributed by atoms with Crippen LogP contribution >= 0.6 is 11.3 Å². The highest BCUT2D eigenvalue weighted by Crippen LogP contribution is 2.26. The first-order chi connectivity index (χ1) is 15.5. The highest BCUT2D eigenvalue weighted by Gasteiger charge is 2.32. The highest BCUT2D eigenvalue weighted by molar-refractivity contribution is 7.91. The Morgan fingerprint density at radius 3 is 2.28 bits per heavy atom. The number of carbonyl (C=O) groups excluding carboxylic acids is 1. The number of benzene rings is 1. The summed E-state index contributed by atoms with van der Waals surface area (Å²) in [5.74, 6) is -0.0478. The lowest BCUT2D eigenvalue weighted by molar-refractivity contribution is -0.126. The molecular formula is C23H32N4O3S2. The third-order valence-electron chi connectivity index (χ3n) is 6.36. The molecule has 174 valence electrons. The minimum absolute atomic E-state index is 0.0564. The molecule has 3 heterocycles. The number of amides is 1. The zero-order chi connectivity index (χ0) is 22.4. The summed E-state index contributed by atoms with van der Waals surface area (Å²) in [5.41, 5.74) is 1.35. The van der Waals surface area contributed by atoms with Gasteiger partial charge in [-0.2, -0.15) is 4.31 Å². The molecule has 2 aliphatic rings. The average molecular weight is 477 g/mol. The van der Waals surface area contributed by atoms with Crippen molar-refractivity contribution < 1.29 is 13.2 Å². The number of nitrogens with zero attached hydrogens (tertiary/aromatic N) is 3. The molecule has 0 spiro atoms. The monoisotopic (exact) mass is 476 g/mol. The number of piperazine rings is 1. The summed E-state index contributed by atoms with van der Waals surface area (Å²) in [6.45, 7) is 7.42. The Balaban J connectivity index is 1.13. The van der Waals surface area contributed by atoms with E-state index >= 15 is 0 Å². The first-order valence-corrected chi connectivity index (χ1v) is 13.6. The van der Waals surface area contributed by atoms with Gasteiger partial charge in [-0.15, -0.1) is 11.3 Å². The number of carbonyl (C=O) groups is 1. The van der Waals surface area contributed by atoms with Crippen LogP contribution in [0, 0.1) is 5.92 Å². The topological polar surface area (TPSA) is 73.0 Å². The van der Waals surface area contributed by atoms with Crippen LogP contribution in [0.2, 0.25) is 0 Å². The van der Waals surface area contributed by atoms with Gasteiger partial charge in [0.25, 0.3) is 10.0 Å². The number of hydrogen-bond donors (Lipinski definition) is 1. The van der Waals surface area contributed by atoms with Gasteiger partial charge in [0.2, 0.25) is 5.91 Å². The molecule has 0 aliphatic carbocycles. The predicted molar refractivity (Wildman–Crippen MR) is 127 cm³/mol. The van der Waals surface area contributed by atoms with Gasteiger partial charge in [-0.1, -0.05) is 36.4 Å². The largest absolute Gasteiger partial charge is 0.355 e. The van der Waals surface area contributed by atoms with E-state index in [-0.39, 0.29) is 11.8 Å². The van der Waals surface area contributed by atoms with Gasteiger partial charge in [-0.3, -0.25) is 14.6 Å². The molecular weight excluding hydrogens is 444 g/mol. The van der Waals surface area contributed by atoms with Crippen molar-refractivity contribution in [2.45, 2.75) is 23.6 Å². The fraction of sp³-hybridized carbons (Fsp3) is 0.522. The van der Waals surface area contributed by atoms with Crippen molar-refractivity contribution in [2.75, 3.05) is 52.4 Å². The van der Waals surface area contributed by atoms with Crippen LogP contribution in [0.1, 0.15) is 18.4 Å². The van der Waals surface area contributed by atoms with Crippen molar-refractivity contribution in [3.8, 4) is 0 Å². The second-order valence-electron chi connectivity index (χ2n) is 8.50. The minimum Gasteiger partial charge on any atom is -0.355 e. The lowest BCUT2D eigenvalue weighted by atomic mass is 9.97. The second-order valence-corrected chi connectivity index (χ2v) is 11.6. The van der Waals surface area contributed by atoms with Gasteiger partial charge in [0.05, 0.1) is 0 Å². The number of sulfonamides is 1. The van der Waals surface area contributed by atoms with Crippen molar-refractivity contribution in [2.24, 2.45) is 5.92 Å². The Bertz CT molecular complexity index is 950. The Morgan fingerprint density at radius 2 is 1.62 bits per heavy atom. The lowest BCUT2D eigenvalue weighted by Crippen LogP contribution is -2.48. The van der Waals surface area contributed by atoms with Gasteiger partial charge in [-0.05, 0) is 29.9 Å². The Hall–Kier alpha value is -1.78. The summed E-state index contributed by atoms with van der Waals surface area (Å²) in [7, 11) is -3.41. The fourth-order valence-electron chi connectivity index (χ4n) is 4.39. The first kappa shape index (κ1) is 23.4. The minimum atomic E-state index is -3.41. The SMILES string of the molecule is O=C(NCCN1CCN(Cc2ccccc2)CC1)C1CCN(S(=O)(=O)c2cccs2)CC1. The summed E-state index contributed by atoms with van der Waals surface area (Å²) < 4.78 is 27.1. The van der Waals surface area contributed by atoms with Crippen LogP contribution in [0.3, 0.4) is 0 Å². The smallest absolute Gasteiger partial charge is 0.252 e. The molecule has 2 saturated heterocycles. The standard InChI is InChI=1S/C23H32N4O3S2/c28-23(21-8-11-27(12-9-21)32(29,30)22-7-4-18-31-22)24-10-13-25-14-16-26(17-15-25)19-20-5-2-1-3-6-20/h1-7,18,21H,8-17,19H2,(H,24,28). The third-order valence-corrected chi connectivity index (χ3v) is 9.63. The molecule has 0 saturated carbocycles. The van der Waals surface area contributed by atoms with E-state index in [2.05, 4.69) is 39.4 Å². The average Bonchev–Trinajstić information content (AvgIpc) is 3.37. The molecule has 0 radical (unpaired) electrons. The highest BCUT2D eigenvalue weighted by atomic mass is 32.2. The quantitative estimate of drug-likeness (QED) is 0.632. The summed E-state index contributed by atoms with van der Waals surface area (Å²) in [4.78, 5) is 17.5. The molecule has 1 aromatic heterocycles. The van der Waals surface area contributed by atoms with E-state index in [1.165, 1.54) is 21.2 Å². The Kier molecular flexibility index (Phi) is 7.96.